The van der Waals surface area contributed by atoms with Gasteiger partial charge in [-0.1, -0.05) is 23.7 Å². The lowest BCUT2D eigenvalue weighted by molar-refractivity contribution is 0.247. The van der Waals surface area contributed by atoms with E-state index >= 15 is 0 Å². The Hall–Kier alpha value is -0.530. The molecule has 2 rings (SSSR count). The lowest BCUT2D eigenvalue weighted by Gasteiger charge is -2.25. The molecule has 22 heavy (non-hydrogen) atoms. The number of nitrogens with zero attached hydrogens (tertiary/aromatic N) is 2. The standard InChI is InChI=1S/C16H25ClN4.HI/c1-12(21(3)15-8-9-15)10-19-16(18-2)20-11-13-4-6-14(17)7-5-13;/h4-7,12,15H,8-11H2,1-3H3,(H2,18,19,20);1H. The van der Waals surface area contributed by atoms with Crippen LogP contribution in [0.1, 0.15) is 25.3 Å². The van der Waals surface area contributed by atoms with E-state index in [1.54, 1.807) is 7.05 Å². The van der Waals surface area contributed by atoms with Crippen LogP contribution in [0.2, 0.25) is 5.02 Å². The zero-order valence-corrected chi connectivity index (χ0v) is 16.6. The number of benzene rings is 1. The molecule has 0 aliphatic heterocycles. The Morgan fingerprint density at radius 1 is 1.32 bits per heavy atom. The summed E-state index contributed by atoms with van der Waals surface area (Å²) in [7, 11) is 4.00. The molecule has 1 atom stereocenters. The molecular formula is C16H26ClIN4. The van der Waals surface area contributed by atoms with E-state index in [-0.39, 0.29) is 24.0 Å². The van der Waals surface area contributed by atoms with Gasteiger partial charge in [0.05, 0.1) is 0 Å². The summed E-state index contributed by atoms with van der Waals surface area (Å²) in [5.74, 6) is 0.834. The first-order valence-electron chi connectivity index (χ1n) is 7.51. The summed E-state index contributed by atoms with van der Waals surface area (Å²) in [6.45, 7) is 3.88. The molecule has 2 N–H and O–H groups in total. The van der Waals surface area contributed by atoms with Crippen molar-refractivity contribution in [3.8, 4) is 0 Å². The molecule has 124 valence electrons. The van der Waals surface area contributed by atoms with Gasteiger partial charge in [-0.05, 0) is 44.5 Å². The maximum atomic E-state index is 5.89. The highest BCUT2D eigenvalue weighted by Crippen LogP contribution is 2.26. The summed E-state index contributed by atoms with van der Waals surface area (Å²) >= 11 is 5.89. The smallest absolute Gasteiger partial charge is 0.191 e. The molecule has 0 saturated heterocycles. The van der Waals surface area contributed by atoms with Crippen molar-refractivity contribution in [2.45, 2.75) is 38.4 Å². The summed E-state index contributed by atoms with van der Waals surface area (Å²) in [6, 6.07) is 9.14. The van der Waals surface area contributed by atoms with Gasteiger partial charge in [0.1, 0.15) is 0 Å². The number of guanidine groups is 1. The van der Waals surface area contributed by atoms with Gasteiger partial charge in [0, 0.05) is 37.2 Å². The highest BCUT2D eigenvalue weighted by atomic mass is 127. The molecular weight excluding hydrogens is 411 g/mol. The monoisotopic (exact) mass is 436 g/mol. The van der Waals surface area contributed by atoms with Crippen molar-refractivity contribution in [2.24, 2.45) is 4.99 Å². The summed E-state index contributed by atoms with van der Waals surface area (Å²) in [6.07, 6.45) is 2.68. The summed E-state index contributed by atoms with van der Waals surface area (Å²) in [5, 5.41) is 7.47. The minimum Gasteiger partial charge on any atom is -0.355 e. The van der Waals surface area contributed by atoms with Gasteiger partial charge >= 0.3 is 0 Å². The van der Waals surface area contributed by atoms with E-state index in [4.69, 9.17) is 11.6 Å². The van der Waals surface area contributed by atoms with Crippen molar-refractivity contribution < 1.29 is 0 Å². The molecule has 0 radical (unpaired) electrons. The zero-order chi connectivity index (χ0) is 15.2. The zero-order valence-electron chi connectivity index (χ0n) is 13.5. The van der Waals surface area contributed by atoms with E-state index in [1.807, 2.05) is 24.3 Å². The number of likely N-dealkylation sites (N-methyl/N-ethyl adjacent to an activating group) is 1. The average Bonchev–Trinajstić information content (AvgIpc) is 3.32. The third-order valence-corrected chi connectivity index (χ3v) is 4.23. The molecule has 0 spiro atoms. The molecule has 1 aliphatic rings. The average molecular weight is 437 g/mol. The van der Waals surface area contributed by atoms with Crippen LogP contribution in [-0.2, 0) is 6.54 Å². The van der Waals surface area contributed by atoms with Gasteiger partial charge in [-0.15, -0.1) is 24.0 Å². The molecule has 1 aromatic carbocycles. The van der Waals surface area contributed by atoms with Gasteiger partial charge in [0.15, 0.2) is 5.96 Å². The fraction of sp³-hybridized carbons (Fsp3) is 0.562. The van der Waals surface area contributed by atoms with E-state index in [2.05, 4.69) is 34.5 Å². The van der Waals surface area contributed by atoms with E-state index in [0.717, 1.165) is 30.1 Å². The van der Waals surface area contributed by atoms with Crippen molar-refractivity contribution in [3.05, 3.63) is 34.9 Å². The van der Waals surface area contributed by atoms with Gasteiger partial charge in [-0.3, -0.25) is 9.89 Å². The van der Waals surface area contributed by atoms with E-state index in [1.165, 1.54) is 18.4 Å². The summed E-state index contributed by atoms with van der Waals surface area (Å²) in [5.41, 5.74) is 1.19. The number of hydrogen-bond donors (Lipinski definition) is 2. The van der Waals surface area contributed by atoms with Crippen molar-refractivity contribution >= 4 is 41.5 Å². The lowest BCUT2D eigenvalue weighted by atomic mass is 10.2. The Kier molecular flexibility index (Phi) is 8.49. The second-order valence-corrected chi connectivity index (χ2v) is 6.12. The van der Waals surface area contributed by atoms with Crippen molar-refractivity contribution in [1.82, 2.24) is 15.5 Å². The molecule has 0 heterocycles. The molecule has 1 fully saturated rings. The van der Waals surface area contributed by atoms with Gasteiger partial charge in [0.25, 0.3) is 0 Å². The first-order valence-corrected chi connectivity index (χ1v) is 7.89. The molecule has 4 nitrogen and oxygen atoms in total. The number of hydrogen-bond acceptors (Lipinski definition) is 2. The van der Waals surface area contributed by atoms with Crippen LogP contribution in [0.15, 0.2) is 29.3 Å². The van der Waals surface area contributed by atoms with Crippen molar-refractivity contribution in [2.75, 3.05) is 20.6 Å². The van der Waals surface area contributed by atoms with E-state index in [0.29, 0.717) is 6.04 Å². The predicted molar refractivity (Wildman–Crippen MR) is 105 cm³/mol. The molecule has 1 unspecified atom stereocenters. The van der Waals surface area contributed by atoms with Crippen LogP contribution in [0.3, 0.4) is 0 Å². The van der Waals surface area contributed by atoms with Gasteiger partial charge in [-0.2, -0.15) is 0 Å². The van der Waals surface area contributed by atoms with Crippen LogP contribution in [0, 0.1) is 0 Å². The molecule has 0 bridgehead atoms. The highest BCUT2D eigenvalue weighted by molar-refractivity contribution is 14.0. The second kappa shape index (κ2) is 9.57. The van der Waals surface area contributed by atoms with E-state index in [9.17, 15) is 0 Å². The predicted octanol–water partition coefficient (Wildman–Crippen LogP) is 3.11. The normalized spacial score (nSPS) is 16.1. The first-order chi connectivity index (χ1) is 10.1. The van der Waals surface area contributed by atoms with E-state index < -0.39 is 0 Å². The fourth-order valence-electron chi connectivity index (χ4n) is 2.24. The number of aliphatic imine (C=N–C) groups is 1. The van der Waals surface area contributed by atoms with Crippen molar-refractivity contribution in [1.29, 1.82) is 0 Å². The molecule has 1 saturated carbocycles. The molecule has 0 aromatic heterocycles. The number of halogens is 2. The van der Waals surface area contributed by atoms with Crippen LogP contribution in [-0.4, -0.2) is 43.6 Å². The highest BCUT2D eigenvalue weighted by Gasteiger charge is 2.28. The van der Waals surface area contributed by atoms with Crippen LogP contribution < -0.4 is 10.6 Å². The van der Waals surface area contributed by atoms with Crippen LogP contribution >= 0.6 is 35.6 Å². The summed E-state index contributed by atoms with van der Waals surface area (Å²) in [4.78, 5) is 6.71. The summed E-state index contributed by atoms with van der Waals surface area (Å²) < 4.78 is 0. The third-order valence-electron chi connectivity index (χ3n) is 3.98. The minimum atomic E-state index is 0. The SMILES string of the molecule is CN=C(NCc1ccc(Cl)cc1)NCC(C)N(C)C1CC1.I. The molecule has 1 aromatic rings. The minimum absolute atomic E-state index is 0. The lowest BCUT2D eigenvalue weighted by Crippen LogP contribution is -2.45. The van der Waals surface area contributed by atoms with Crippen LogP contribution in [0.25, 0.3) is 0 Å². The largest absolute Gasteiger partial charge is 0.355 e. The Morgan fingerprint density at radius 3 is 2.50 bits per heavy atom. The first kappa shape index (κ1) is 19.5. The van der Waals surface area contributed by atoms with Crippen molar-refractivity contribution in [3.63, 3.8) is 0 Å². The second-order valence-electron chi connectivity index (χ2n) is 5.68. The fourth-order valence-corrected chi connectivity index (χ4v) is 2.36. The molecule has 0 amide bonds. The van der Waals surface area contributed by atoms with Crippen LogP contribution in [0.4, 0.5) is 0 Å². The topological polar surface area (TPSA) is 39.7 Å². The van der Waals surface area contributed by atoms with Gasteiger partial charge < -0.3 is 10.6 Å². The Morgan fingerprint density at radius 2 is 1.95 bits per heavy atom. The Balaban J connectivity index is 0.00000242. The Bertz CT molecular complexity index is 474. The number of rotatable bonds is 6. The van der Waals surface area contributed by atoms with Gasteiger partial charge in [0.2, 0.25) is 0 Å². The quantitative estimate of drug-likeness (QED) is 0.409. The number of nitrogens with one attached hydrogen (secondary N) is 2. The van der Waals surface area contributed by atoms with Gasteiger partial charge in [-0.25, -0.2) is 0 Å². The Labute approximate surface area is 155 Å². The van der Waals surface area contributed by atoms with Crippen LogP contribution in [0.5, 0.6) is 0 Å². The maximum absolute atomic E-state index is 5.89. The maximum Gasteiger partial charge on any atom is 0.191 e. The third kappa shape index (κ3) is 6.30. The molecule has 1 aliphatic carbocycles. The molecule has 6 heteroatoms.